The summed E-state index contributed by atoms with van der Waals surface area (Å²) in [7, 11) is 0. The molecule has 0 bridgehead atoms. The van der Waals surface area contributed by atoms with Gasteiger partial charge in [-0.2, -0.15) is 10.2 Å². The molecule has 16 heavy (non-hydrogen) atoms. The van der Waals surface area contributed by atoms with Crippen molar-refractivity contribution >= 4 is 11.4 Å². The van der Waals surface area contributed by atoms with Gasteiger partial charge in [-0.25, -0.2) is 0 Å². The van der Waals surface area contributed by atoms with Crippen molar-refractivity contribution < 1.29 is 0 Å². The molecule has 1 aliphatic rings. The van der Waals surface area contributed by atoms with E-state index in [2.05, 4.69) is 43.1 Å². The second-order valence-corrected chi connectivity index (χ2v) is 5.49. The average molecular weight is 214 g/mol. The van der Waals surface area contributed by atoms with Gasteiger partial charge in [0.25, 0.3) is 0 Å². The van der Waals surface area contributed by atoms with Gasteiger partial charge in [0, 0.05) is 12.1 Å². The second kappa shape index (κ2) is 4.20. The van der Waals surface area contributed by atoms with Crippen LogP contribution in [0.15, 0.2) is 40.5 Å². The van der Waals surface area contributed by atoms with Crippen LogP contribution in [0.4, 0.5) is 0 Å². The maximum absolute atomic E-state index is 4.28. The fourth-order valence-corrected chi connectivity index (χ4v) is 1.90. The predicted octanol–water partition coefficient (Wildman–Crippen LogP) is 3.67. The lowest BCUT2D eigenvalue weighted by atomic mass is 9.88. The first-order valence-corrected chi connectivity index (χ1v) is 5.72. The number of hydrogen-bond acceptors (Lipinski definition) is 2. The van der Waals surface area contributed by atoms with Gasteiger partial charge in [-0.05, 0) is 17.4 Å². The minimum absolute atomic E-state index is 0.292. The Labute approximate surface area is 97.1 Å². The van der Waals surface area contributed by atoms with Gasteiger partial charge < -0.3 is 0 Å². The second-order valence-electron chi connectivity index (χ2n) is 5.49. The lowest BCUT2D eigenvalue weighted by molar-refractivity contribution is 0.432. The zero-order valence-corrected chi connectivity index (χ0v) is 10.2. The molecule has 0 spiro atoms. The van der Waals surface area contributed by atoms with Crippen LogP contribution in [0.25, 0.3) is 0 Å². The van der Waals surface area contributed by atoms with E-state index in [9.17, 15) is 0 Å². The summed E-state index contributed by atoms with van der Waals surface area (Å²) >= 11 is 0. The van der Waals surface area contributed by atoms with Crippen LogP contribution in [-0.4, -0.2) is 11.4 Å². The van der Waals surface area contributed by atoms with E-state index in [1.807, 2.05) is 18.2 Å². The molecule has 0 atom stereocenters. The van der Waals surface area contributed by atoms with Gasteiger partial charge in [0.1, 0.15) is 0 Å². The minimum Gasteiger partial charge on any atom is -0.159 e. The lowest BCUT2D eigenvalue weighted by Crippen LogP contribution is -2.13. The summed E-state index contributed by atoms with van der Waals surface area (Å²) < 4.78 is 0. The standard InChI is InChI=1S/C14H18N2/c1-14(2,3)10-12-9-13(16-15-12)11-7-5-4-6-8-11/h4-8H,9-10H2,1-3H3. The van der Waals surface area contributed by atoms with Crippen molar-refractivity contribution in [1.29, 1.82) is 0 Å². The molecule has 0 radical (unpaired) electrons. The molecule has 0 N–H and O–H groups in total. The van der Waals surface area contributed by atoms with Crippen molar-refractivity contribution in [2.24, 2.45) is 15.6 Å². The highest BCUT2D eigenvalue weighted by molar-refractivity contribution is 6.15. The molecule has 1 heterocycles. The molecular weight excluding hydrogens is 196 g/mol. The molecule has 0 amide bonds. The van der Waals surface area contributed by atoms with Crippen molar-refractivity contribution in [3.8, 4) is 0 Å². The Balaban J connectivity index is 2.02. The van der Waals surface area contributed by atoms with Crippen LogP contribution in [0.2, 0.25) is 0 Å². The zero-order chi connectivity index (χ0) is 11.6. The normalized spacial score (nSPS) is 15.9. The van der Waals surface area contributed by atoms with E-state index in [-0.39, 0.29) is 0 Å². The van der Waals surface area contributed by atoms with Gasteiger partial charge in [-0.15, -0.1) is 0 Å². The van der Waals surface area contributed by atoms with Gasteiger partial charge in [0.15, 0.2) is 0 Å². The van der Waals surface area contributed by atoms with Crippen LogP contribution in [0.5, 0.6) is 0 Å². The molecule has 1 aliphatic heterocycles. The molecule has 2 rings (SSSR count). The van der Waals surface area contributed by atoms with Crippen molar-refractivity contribution in [2.75, 3.05) is 0 Å². The molecular formula is C14H18N2. The molecule has 0 unspecified atom stereocenters. The highest BCUT2D eigenvalue weighted by atomic mass is 15.2. The maximum Gasteiger partial charge on any atom is 0.0759 e. The minimum atomic E-state index is 0.292. The van der Waals surface area contributed by atoms with E-state index in [0.717, 1.165) is 18.6 Å². The number of nitrogens with zero attached hydrogens (tertiary/aromatic N) is 2. The molecule has 1 aromatic carbocycles. The SMILES string of the molecule is CC(C)(C)CC1=NN=C(c2ccccc2)C1. The first-order chi connectivity index (χ1) is 7.54. The van der Waals surface area contributed by atoms with Crippen LogP contribution < -0.4 is 0 Å². The smallest absolute Gasteiger partial charge is 0.0759 e. The summed E-state index contributed by atoms with van der Waals surface area (Å²) in [4.78, 5) is 0. The van der Waals surface area contributed by atoms with Crippen LogP contribution in [0.1, 0.15) is 39.2 Å². The van der Waals surface area contributed by atoms with Crippen LogP contribution >= 0.6 is 0 Å². The molecule has 0 saturated heterocycles. The van der Waals surface area contributed by atoms with E-state index in [4.69, 9.17) is 0 Å². The monoisotopic (exact) mass is 214 g/mol. The summed E-state index contributed by atoms with van der Waals surface area (Å²) in [5.41, 5.74) is 3.78. The van der Waals surface area contributed by atoms with Gasteiger partial charge in [-0.1, -0.05) is 51.1 Å². The van der Waals surface area contributed by atoms with Crippen molar-refractivity contribution in [3.05, 3.63) is 35.9 Å². The molecule has 0 fully saturated rings. The van der Waals surface area contributed by atoms with Crippen LogP contribution in [-0.2, 0) is 0 Å². The number of benzene rings is 1. The van der Waals surface area contributed by atoms with Crippen LogP contribution in [0.3, 0.4) is 0 Å². The molecule has 0 saturated carbocycles. The Morgan fingerprint density at radius 3 is 2.38 bits per heavy atom. The first-order valence-electron chi connectivity index (χ1n) is 5.72. The fraction of sp³-hybridized carbons (Fsp3) is 0.429. The third-order valence-corrected chi connectivity index (χ3v) is 2.53. The van der Waals surface area contributed by atoms with Gasteiger partial charge >= 0.3 is 0 Å². The Bertz CT molecular complexity index is 422. The van der Waals surface area contributed by atoms with Gasteiger partial charge in [0.2, 0.25) is 0 Å². The number of rotatable bonds is 2. The Hall–Kier alpha value is -1.44. The summed E-state index contributed by atoms with van der Waals surface area (Å²) in [5, 5.41) is 8.56. The van der Waals surface area contributed by atoms with Crippen molar-refractivity contribution in [1.82, 2.24) is 0 Å². The zero-order valence-electron chi connectivity index (χ0n) is 10.2. The maximum atomic E-state index is 4.28. The molecule has 2 heteroatoms. The Kier molecular flexibility index (Phi) is 2.90. The molecule has 84 valence electrons. The van der Waals surface area contributed by atoms with E-state index >= 15 is 0 Å². The number of hydrogen-bond donors (Lipinski definition) is 0. The topological polar surface area (TPSA) is 24.7 Å². The third-order valence-electron chi connectivity index (χ3n) is 2.53. The molecule has 0 aliphatic carbocycles. The predicted molar refractivity (Wildman–Crippen MR) is 69.1 cm³/mol. The van der Waals surface area contributed by atoms with Crippen LogP contribution in [0, 0.1) is 5.41 Å². The lowest BCUT2D eigenvalue weighted by Gasteiger charge is -2.17. The van der Waals surface area contributed by atoms with E-state index in [0.29, 0.717) is 5.41 Å². The Morgan fingerprint density at radius 1 is 1.06 bits per heavy atom. The largest absolute Gasteiger partial charge is 0.159 e. The van der Waals surface area contributed by atoms with Crippen molar-refractivity contribution in [2.45, 2.75) is 33.6 Å². The third kappa shape index (κ3) is 2.78. The quantitative estimate of drug-likeness (QED) is 0.717. The van der Waals surface area contributed by atoms with E-state index in [1.54, 1.807) is 0 Å². The van der Waals surface area contributed by atoms with Crippen molar-refractivity contribution in [3.63, 3.8) is 0 Å². The highest BCUT2D eigenvalue weighted by Crippen LogP contribution is 2.23. The summed E-state index contributed by atoms with van der Waals surface area (Å²) in [6, 6.07) is 10.3. The van der Waals surface area contributed by atoms with E-state index < -0.39 is 0 Å². The summed E-state index contributed by atoms with van der Waals surface area (Å²) in [5.74, 6) is 0. The molecule has 1 aromatic rings. The van der Waals surface area contributed by atoms with Gasteiger partial charge in [-0.3, -0.25) is 0 Å². The van der Waals surface area contributed by atoms with Gasteiger partial charge in [0.05, 0.1) is 5.71 Å². The average Bonchev–Trinajstić information content (AvgIpc) is 2.65. The Morgan fingerprint density at radius 2 is 1.75 bits per heavy atom. The fourth-order valence-electron chi connectivity index (χ4n) is 1.90. The highest BCUT2D eigenvalue weighted by Gasteiger charge is 2.19. The molecule has 2 nitrogen and oxygen atoms in total. The first kappa shape index (κ1) is 11.1. The van der Waals surface area contributed by atoms with E-state index in [1.165, 1.54) is 11.3 Å². The molecule has 0 aromatic heterocycles. The summed E-state index contributed by atoms with van der Waals surface area (Å²) in [6.45, 7) is 6.70. The summed E-state index contributed by atoms with van der Waals surface area (Å²) in [6.07, 6.45) is 1.92.